The van der Waals surface area contributed by atoms with Crippen molar-refractivity contribution < 1.29 is 0 Å². The van der Waals surface area contributed by atoms with E-state index in [0.29, 0.717) is 10.6 Å². The molecule has 3 heteroatoms. The summed E-state index contributed by atoms with van der Waals surface area (Å²) >= 11 is 5.77. The number of aromatic nitrogens is 1. The Morgan fingerprint density at radius 2 is 2.00 bits per heavy atom. The van der Waals surface area contributed by atoms with Gasteiger partial charge < -0.3 is 0 Å². The van der Waals surface area contributed by atoms with E-state index in [1.165, 1.54) is 31.5 Å². The minimum atomic E-state index is 0.523. The van der Waals surface area contributed by atoms with Gasteiger partial charge in [0.2, 0.25) is 0 Å². The Hall–Kier alpha value is -0.600. The van der Waals surface area contributed by atoms with E-state index in [4.69, 9.17) is 11.6 Å². The lowest BCUT2D eigenvalue weighted by molar-refractivity contribution is 0.127. The van der Waals surface area contributed by atoms with Gasteiger partial charge in [0, 0.05) is 12.7 Å². The zero-order chi connectivity index (χ0) is 11.6. The minimum Gasteiger partial charge on any atom is -0.299 e. The van der Waals surface area contributed by atoms with Crippen molar-refractivity contribution in [3.8, 4) is 0 Å². The maximum absolute atomic E-state index is 5.77. The number of hydrogen-bond donors (Lipinski definition) is 0. The second kappa shape index (κ2) is 4.72. The van der Waals surface area contributed by atoms with Gasteiger partial charge in [-0.25, -0.2) is 4.98 Å². The second-order valence-electron chi connectivity index (χ2n) is 5.43. The number of hydrogen-bond acceptors (Lipinski definition) is 2. The molecule has 0 atom stereocenters. The quantitative estimate of drug-likeness (QED) is 0.735. The summed E-state index contributed by atoms with van der Waals surface area (Å²) in [6.07, 6.45) is 4.45. The molecule has 0 saturated carbocycles. The van der Waals surface area contributed by atoms with Crippen LogP contribution in [0.3, 0.4) is 0 Å². The molecule has 0 amide bonds. The van der Waals surface area contributed by atoms with Crippen LogP contribution in [0.25, 0.3) is 0 Å². The summed E-state index contributed by atoms with van der Waals surface area (Å²) in [6, 6.07) is 3.93. The van der Waals surface area contributed by atoms with Crippen LogP contribution in [0.15, 0.2) is 18.3 Å². The van der Waals surface area contributed by atoms with Crippen molar-refractivity contribution in [3.05, 3.63) is 29.0 Å². The molecule has 1 saturated heterocycles. The molecule has 0 N–H and O–H groups in total. The molecule has 2 heterocycles. The van der Waals surface area contributed by atoms with Gasteiger partial charge in [-0.2, -0.15) is 0 Å². The first-order chi connectivity index (χ1) is 7.55. The van der Waals surface area contributed by atoms with Crippen molar-refractivity contribution in [2.45, 2.75) is 33.2 Å². The van der Waals surface area contributed by atoms with Crippen molar-refractivity contribution in [3.63, 3.8) is 0 Å². The fourth-order valence-electron chi connectivity index (χ4n) is 2.07. The van der Waals surface area contributed by atoms with E-state index in [2.05, 4.69) is 29.8 Å². The fourth-order valence-corrected chi connectivity index (χ4v) is 2.19. The molecule has 2 nitrogen and oxygen atoms in total. The van der Waals surface area contributed by atoms with Crippen molar-refractivity contribution in [2.75, 3.05) is 13.1 Å². The second-order valence-corrected chi connectivity index (χ2v) is 5.82. The van der Waals surface area contributed by atoms with Gasteiger partial charge in [0.1, 0.15) is 5.15 Å². The molecule has 1 aromatic rings. The third kappa shape index (κ3) is 3.19. The Bertz CT molecular complexity index is 335. The normalized spacial score (nSPS) is 20.9. The van der Waals surface area contributed by atoms with Crippen molar-refractivity contribution in [1.29, 1.82) is 0 Å². The SMILES string of the molecule is CC1(C)CCN(Cc2ccc(Cl)nc2)CC1. The molecule has 1 aromatic heterocycles. The maximum atomic E-state index is 5.77. The van der Waals surface area contributed by atoms with Crippen LogP contribution in [0, 0.1) is 5.41 Å². The predicted molar refractivity (Wildman–Crippen MR) is 67.5 cm³/mol. The number of rotatable bonds is 2. The summed E-state index contributed by atoms with van der Waals surface area (Å²) in [5.74, 6) is 0. The van der Waals surface area contributed by atoms with Gasteiger partial charge in [-0.3, -0.25) is 4.90 Å². The van der Waals surface area contributed by atoms with E-state index >= 15 is 0 Å². The zero-order valence-corrected chi connectivity index (χ0v) is 10.8. The Morgan fingerprint density at radius 3 is 2.56 bits per heavy atom. The lowest BCUT2D eigenvalue weighted by atomic mass is 9.82. The topological polar surface area (TPSA) is 16.1 Å². The molecule has 0 spiro atoms. The molecule has 1 fully saturated rings. The molecule has 16 heavy (non-hydrogen) atoms. The fraction of sp³-hybridized carbons (Fsp3) is 0.615. The molecule has 0 radical (unpaired) electrons. The molecule has 2 rings (SSSR count). The van der Waals surface area contributed by atoms with E-state index in [1.807, 2.05) is 12.3 Å². The van der Waals surface area contributed by atoms with Gasteiger partial charge in [-0.05, 0) is 43.0 Å². The summed E-state index contributed by atoms with van der Waals surface area (Å²) < 4.78 is 0. The van der Waals surface area contributed by atoms with Gasteiger partial charge in [-0.15, -0.1) is 0 Å². The molecule has 0 aromatic carbocycles. The molecular formula is C13H19ClN2. The number of nitrogens with zero attached hydrogens (tertiary/aromatic N) is 2. The highest BCUT2D eigenvalue weighted by Gasteiger charge is 2.25. The largest absolute Gasteiger partial charge is 0.299 e. The first-order valence-corrected chi connectivity index (χ1v) is 6.26. The predicted octanol–water partition coefficient (Wildman–Crippen LogP) is 3.36. The molecule has 0 aliphatic carbocycles. The summed E-state index contributed by atoms with van der Waals surface area (Å²) in [6.45, 7) is 8.09. The number of piperidine rings is 1. The van der Waals surface area contributed by atoms with Crippen LogP contribution in [-0.2, 0) is 6.54 Å². The van der Waals surface area contributed by atoms with Gasteiger partial charge in [-0.1, -0.05) is 31.5 Å². The van der Waals surface area contributed by atoms with Crippen molar-refractivity contribution >= 4 is 11.6 Å². The van der Waals surface area contributed by atoms with Crippen LogP contribution in [0.5, 0.6) is 0 Å². The lowest BCUT2D eigenvalue weighted by Gasteiger charge is -2.36. The molecule has 88 valence electrons. The first-order valence-electron chi connectivity index (χ1n) is 5.88. The van der Waals surface area contributed by atoms with Gasteiger partial charge in [0.25, 0.3) is 0 Å². The van der Waals surface area contributed by atoms with Crippen LogP contribution in [0.2, 0.25) is 5.15 Å². The molecule has 0 bridgehead atoms. The summed E-state index contributed by atoms with van der Waals surface area (Å²) in [4.78, 5) is 6.61. The van der Waals surface area contributed by atoms with Crippen LogP contribution in [-0.4, -0.2) is 23.0 Å². The van der Waals surface area contributed by atoms with Crippen molar-refractivity contribution in [1.82, 2.24) is 9.88 Å². The average molecular weight is 239 g/mol. The molecule has 1 aliphatic heterocycles. The standard InChI is InChI=1S/C13H19ClN2/c1-13(2)5-7-16(8-6-13)10-11-3-4-12(14)15-9-11/h3-4,9H,5-8,10H2,1-2H3. The Labute approximate surface area is 103 Å². The highest BCUT2D eigenvalue weighted by atomic mass is 35.5. The van der Waals surface area contributed by atoms with Gasteiger partial charge in [0.15, 0.2) is 0 Å². The van der Waals surface area contributed by atoms with Gasteiger partial charge in [0.05, 0.1) is 0 Å². The highest BCUT2D eigenvalue weighted by Crippen LogP contribution is 2.30. The monoisotopic (exact) mass is 238 g/mol. The molecule has 0 unspecified atom stereocenters. The van der Waals surface area contributed by atoms with E-state index < -0.39 is 0 Å². The van der Waals surface area contributed by atoms with E-state index in [1.54, 1.807) is 0 Å². The smallest absolute Gasteiger partial charge is 0.129 e. The average Bonchev–Trinajstić information content (AvgIpc) is 2.24. The third-order valence-electron chi connectivity index (χ3n) is 3.40. The molecule has 1 aliphatic rings. The first kappa shape index (κ1) is 11.9. The summed E-state index contributed by atoms with van der Waals surface area (Å²) in [5, 5.41) is 0.573. The zero-order valence-electron chi connectivity index (χ0n) is 10.0. The number of halogens is 1. The van der Waals surface area contributed by atoms with Crippen LogP contribution >= 0.6 is 11.6 Å². The Kier molecular flexibility index (Phi) is 3.50. The Balaban J connectivity index is 1.89. The van der Waals surface area contributed by atoms with Crippen LogP contribution < -0.4 is 0 Å². The highest BCUT2D eigenvalue weighted by molar-refractivity contribution is 6.29. The van der Waals surface area contributed by atoms with E-state index in [0.717, 1.165) is 6.54 Å². The lowest BCUT2D eigenvalue weighted by Crippen LogP contribution is -2.36. The van der Waals surface area contributed by atoms with Gasteiger partial charge >= 0.3 is 0 Å². The summed E-state index contributed by atoms with van der Waals surface area (Å²) in [5.41, 5.74) is 1.78. The maximum Gasteiger partial charge on any atom is 0.129 e. The summed E-state index contributed by atoms with van der Waals surface area (Å²) in [7, 11) is 0. The van der Waals surface area contributed by atoms with Crippen molar-refractivity contribution in [2.24, 2.45) is 5.41 Å². The minimum absolute atomic E-state index is 0.523. The third-order valence-corrected chi connectivity index (χ3v) is 3.63. The Morgan fingerprint density at radius 1 is 1.31 bits per heavy atom. The van der Waals surface area contributed by atoms with Crippen LogP contribution in [0.1, 0.15) is 32.3 Å². The molecular weight excluding hydrogens is 220 g/mol. The van der Waals surface area contributed by atoms with E-state index in [-0.39, 0.29) is 0 Å². The number of pyridine rings is 1. The van der Waals surface area contributed by atoms with Crippen LogP contribution in [0.4, 0.5) is 0 Å². The van der Waals surface area contributed by atoms with E-state index in [9.17, 15) is 0 Å². The number of likely N-dealkylation sites (tertiary alicyclic amines) is 1.